The Morgan fingerprint density at radius 1 is 1.04 bits per heavy atom. The van der Waals surface area contributed by atoms with Gasteiger partial charge in [0.2, 0.25) is 0 Å². The second-order valence-electron chi connectivity index (χ2n) is 7.37. The van der Waals surface area contributed by atoms with Gasteiger partial charge in [0.25, 0.3) is 0 Å². The highest BCUT2D eigenvalue weighted by Crippen LogP contribution is 2.28. The lowest BCUT2D eigenvalue weighted by Crippen LogP contribution is -2.55. The van der Waals surface area contributed by atoms with Crippen molar-refractivity contribution < 1.29 is 24.1 Å². The van der Waals surface area contributed by atoms with E-state index in [1.165, 1.54) is 32.1 Å². The molecule has 1 saturated heterocycles. The molecule has 1 aliphatic heterocycles. The molecular formula is C20H40O5. The summed E-state index contributed by atoms with van der Waals surface area (Å²) in [5.74, 6) is 0.151. The minimum Gasteiger partial charge on any atom is -0.388 e. The standard InChI is InChI=1S/C20H40O5/c1-6-7-8-9-10-11-17(23-5)12-13-24-20-15(2)16(3)25-18(14-22-4)19(20)21/h15-21H,6-14H2,1-5H3. The maximum Gasteiger partial charge on any atom is 0.110 e. The van der Waals surface area contributed by atoms with Crippen LogP contribution < -0.4 is 0 Å². The molecule has 1 fully saturated rings. The summed E-state index contributed by atoms with van der Waals surface area (Å²) in [6.45, 7) is 7.33. The van der Waals surface area contributed by atoms with Gasteiger partial charge in [0.15, 0.2) is 0 Å². The van der Waals surface area contributed by atoms with Crippen LogP contribution in [0.4, 0.5) is 0 Å². The predicted octanol–water partition coefficient (Wildman–Crippen LogP) is 3.57. The first kappa shape index (κ1) is 22.8. The first-order valence-electron chi connectivity index (χ1n) is 10.0. The maximum atomic E-state index is 10.5. The molecule has 0 bridgehead atoms. The molecule has 0 aromatic carbocycles. The van der Waals surface area contributed by atoms with E-state index in [9.17, 15) is 5.11 Å². The van der Waals surface area contributed by atoms with Crippen molar-refractivity contribution in [2.24, 2.45) is 5.92 Å². The molecule has 5 heteroatoms. The molecule has 6 atom stereocenters. The second-order valence-corrected chi connectivity index (χ2v) is 7.37. The SMILES string of the molecule is CCCCCCCC(CCOC1C(C)C(C)OC(COC)C1O)OC. The number of hydrogen-bond donors (Lipinski definition) is 1. The fourth-order valence-corrected chi connectivity index (χ4v) is 3.51. The highest BCUT2D eigenvalue weighted by atomic mass is 16.6. The Morgan fingerprint density at radius 2 is 1.76 bits per heavy atom. The molecule has 6 unspecified atom stereocenters. The third-order valence-corrected chi connectivity index (χ3v) is 5.41. The third kappa shape index (κ3) is 7.92. The van der Waals surface area contributed by atoms with Crippen LogP contribution in [0.25, 0.3) is 0 Å². The molecule has 0 radical (unpaired) electrons. The number of rotatable bonds is 13. The average Bonchev–Trinajstić information content (AvgIpc) is 2.60. The van der Waals surface area contributed by atoms with Gasteiger partial charge in [-0.05, 0) is 19.8 Å². The van der Waals surface area contributed by atoms with Gasteiger partial charge in [-0.3, -0.25) is 0 Å². The number of aliphatic hydroxyl groups is 1. The van der Waals surface area contributed by atoms with Crippen molar-refractivity contribution in [3.8, 4) is 0 Å². The lowest BCUT2D eigenvalue weighted by atomic mass is 9.88. The summed E-state index contributed by atoms with van der Waals surface area (Å²) in [5, 5.41) is 10.5. The number of unbranched alkanes of at least 4 members (excludes halogenated alkanes) is 4. The minimum atomic E-state index is -0.652. The van der Waals surface area contributed by atoms with E-state index >= 15 is 0 Å². The lowest BCUT2D eigenvalue weighted by molar-refractivity contribution is -0.217. The third-order valence-electron chi connectivity index (χ3n) is 5.41. The molecule has 150 valence electrons. The van der Waals surface area contributed by atoms with Crippen LogP contribution in [0.3, 0.4) is 0 Å². The van der Waals surface area contributed by atoms with Gasteiger partial charge >= 0.3 is 0 Å². The Balaban J connectivity index is 2.35. The summed E-state index contributed by atoms with van der Waals surface area (Å²) in [5.41, 5.74) is 0. The van der Waals surface area contributed by atoms with Crippen molar-refractivity contribution in [2.45, 2.75) is 96.2 Å². The van der Waals surface area contributed by atoms with E-state index in [0.717, 1.165) is 12.8 Å². The summed E-state index contributed by atoms with van der Waals surface area (Å²) >= 11 is 0. The quantitative estimate of drug-likeness (QED) is 0.509. The van der Waals surface area contributed by atoms with Gasteiger partial charge in [0.05, 0.1) is 24.9 Å². The summed E-state index contributed by atoms with van der Waals surface area (Å²) < 4.78 is 22.7. The Kier molecular flexibility index (Phi) is 11.9. The van der Waals surface area contributed by atoms with Gasteiger partial charge in [-0.15, -0.1) is 0 Å². The van der Waals surface area contributed by atoms with Gasteiger partial charge in [-0.2, -0.15) is 0 Å². The zero-order valence-electron chi connectivity index (χ0n) is 16.9. The van der Waals surface area contributed by atoms with Gasteiger partial charge in [0.1, 0.15) is 12.2 Å². The topological polar surface area (TPSA) is 57.2 Å². The monoisotopic (exact) mass is 360 g/mol. The van der Waals surface area contributed by atoms with E-state index in [0.29, 0.717) is 13.2 Å². The normalized spacial score (nSPS) is 31.2. The summed E-state index contributed by atoms with van der Waals surface area (Å²) in [6.07, 6.45) is 7.44. The Bertz CT molecular complexity index is 325. The van der Waals surface area contributed by atoms with Crippen LogP contribution in [-0.4, -0.2) is 63.1 Å². The fraction of sp³-hybridized carbons (Fsp3) is 1.00. The van der Waals surface area contributed by atoms with Crippen LogP contribution in [0.2, 0.25) is 0 Å². The Morgan fingerprint density at radius 3 is 2.40 bits per heavy atom. The van der Waals surface area contributed by atoms with Crippen molar-refractivity contribution >= 4 is 0 Å². The van der Waals surface area contributed by atoms with Crippen molar-refractivity contribution in [1.82, 2.24) is 0 Å². The van der Waals surface area contributed by atoms with Crippen molar-refractivity contribution in [1.29, 1.82) is 0 Å². The van der Waals surface area contributed by atoms with Crippen LogP contribution in [0.15, 0.2) is 0 Å². The van der Waals surface area contributed by atoms with E-state index in [2.05, 4.69) is 13.8 Å². The summed E-state index contributed by atoms with van der Waals surface area (Å²) in [4.78, 5) is 0. The summed E-state index contributed by atoms with van der Waals surface area (Å²) in [7, 11) is 3.40. The van der Waals surface area contributed by atoms with Crippen LogP contribution in [0.1, 0.15) is 65.7 Å². The van der Waals surface area contributed by atoms with Crippen LogP contribution in [-0.2, 0) is 18.9 Å². The second kappa shape index (κ2) is 13.0. The van der Waals surface area contributed by atoms with Crippen LogP contribution in [0, 0.1) is 5.92 Å². The molecule has 0 spiro atoms. The van der Waals surface area contributed by atoms with E-state index in [1.54, 1.807) is 14.2 Å². The van der Waals surface area contributed by atoms with Gasteiger partial charge < -0.3 is 24.1 Å². The zero-order chi connectivity index (χ0) is 18.7. The molecule has 0 aromatic heterocycles. The number of hydrogen-bond acceptors (Lipinski definition) is 5. The van der Waals surface area contributed by atoms with Crippen molar-refractivity contribution in [3.63, 3.8) is 0 Å². The largest absolute Gasteiger partial charge is 0.388 e. The first-order chi connectivity index (χ1) is 12.0. The minimum absolute atomic E-state index is 0.0466. The van der Waals surface area contributed by atoms with E-state index in [4.69, 9.17) is 18.9 Å². The molecule has 0 aromatic rings. The molecule has 25 heavy (non-hydrogen) atoms. The van der Waals surface area contributed by atoms with E-state index < -0.39 is 6.10 Å². The molecular weight excluding hydrogens is 320 g/mol. The van der Waals surface area contributed by atoms with Gasteiger partial charge in [-0.25, -0.2) is 0 Å². The molecule has 1 aliphatic rings. The predicted molar refractivity (Wildman–Crippen MR) is 99.9 cm³/mol. The molecule has 1 rings (SSSR count). The van der Waals surface area contributed by atoms with Gasteiger partial charge in [-0.1, -0.05) is 46.0 Å². The highest BCUT2D eigenvalue weighted by molar-refractivity contribution is 4.89. The molecule has 1 N–H and O–H groups in total. The molecule has 5 nitrogen and oxygen atoms in total. The number of methoxy groups -OCH3 is 2. The van der Waals surface area contributed by atoms with Crippen molar-refractivity contribution in [3.05, 3.63) is 0 Å². The molecule has 1 heterocycles. The first-order valence-corrected chi connectivity index (χ1v) is 10.0. The Labute approximate surface area is 154 Å². The number of ether oxygens (including phenoxy) is 4. The fourth-order valence-electron chi connectivity index (χ4n) is 3.51. The average molecular weight is 361 g/mol. The number of aliphatic hydroxyl groups excluding tert-OH is 1. The van der Waals surface area contributed by atoms with Crippen LogP contribution >= 0.6 is 0 Å². The van der Waals surface area contributed by atoms with E-state index in [1.807, 2.05) is 6.92 Å². The maximum absolute atomic E-state index is 10.5. The smallest absolute Gasteiger partial charge is 0.110 e. The zero-order valence-corrected chi connectivity index (χ0v) is 16.9. The van der Waals surface area contributed by atoms with Crippen molar-refractivity contribution in [2.75, 3.05) is 27.4 Å². The summed E-state index contributed by atoms with van der Waals surface area (Å²) in [6, 6.07) is 0. The Hall–Kier alpha value is -0.200. The van der Waals surface area contributed by atoms with E-state index in [-0.39, 0.29) is 30.3 Å². The van der Waals surface area contributed by atoms with Gasteiger partial charge in [0, 0.05) is 26.7 Å². The van der Waals surface area contributed by atoms with Crippen LogP contribution in [0.5, 0.6) is 0 Å². The highest BCUT2D eigenvalue weighted by Gasteiger charge is 2.41. The molecule has 0 amide bonds. The lowest BCUT2D eigenvalue weighted by Gasteiger charge is -2.42. The molecule has 0 aliphatic carbocycles. The molecule has 0 saturated carbocycles.